The third kappa shape index (κ3) is 3.96. The average Bonchev–Trinajstić information content (AvgIpc) is 2.50. The minimum atomic E-state index is -0.526. The zero-order valence-electron chi connectivity index (χ0n) is 12.3. The lowest BCUT2D eigenvalue weighted by atomic mass is 9.95. The normalized spacial score (nSPS) is 17.2. The number of amides is 2. The Morgan fingerprint density at radius 3 is 2.59 bits per heavy atom. The van der Waals surface area contributed by atoms with Crippen LogP contribution in [0.5, 0.6) is 0 Å². The Kier molecular flexibility index (Phi) is 5.37. The number of anilines is 1. The van der Waals surface area contributed by atoms with Gasteiger partial charge in [0.2, 0.25) is 11.8 Å². The predicted octanol–water partition coefficient (Wildman–Crippen LogP) is 2.00. The van der Waals surface area contributed by atoms with E-state index in [0.29, 0.717) is 31.6 Å². The van der Waals surface area contributed by atoms with Gasteiger partial charge in [0.25, 0.3) is 0 Å². The standard InChI is InChI=1S/C15H19ClFN3O2/c1-9(18)15(22)20-6-4-10(5-7-20)14(21)19-11-2-3-13(17)12(16)8-11/h2-3,8-10H,4-7,18H2,1H3,(H,19,21)/t9-/m1/s1. The highest BCUT2D eigenvalue weighted by Gasteiger charge is 2.28. The molecule has 2 rings (SSSR count). The maximum Gasteiger partial charge on any atom is 0.239 e. The molecule has 0 aromatic heterocycles. The number of carbonyl (C=O) groups excluding carboxylic acids is 2. The molecule has 0 aliphatic carbocycles. The fourth-order valence-electron chi connectivity index (χ4n) is 2.47. The van der Waals surface area contributed by atoms with Gasteiger partial charge in [-0.25, -0.2) is 4.39 Å². The van der Waals surface area contributed by atoms with E-state index < -0.39 is 11.9 Å². The average molecular weight is 328 g/mol. The molecule has 1 saturated heterocycles. The number of nitrogens with zero attached hydrogens (tertiary/aromatic N) is 1. The fourth-order valence-corrected chi connectivity index (χ4v) is 2.65. The molecule has 5 nitrogen and oxygen atoms in total. The van der Waals surface area contributed by atoms with E-state index >= 15 is 0 Å². The molecular formula is C15H19ClFN3O2. The lowest BCUT2D eigenvalue weighted by molar-refractivity contribution is -0.135. The van der Waals surface area contributed by atoms with Crippen LogP contribution in [0.15, 0.2) is 18.2 Å². The summed E-state index contributed by atoms with van der Waals surface area (Å²) in [6.07, 6.45) is 1.17. The zero-order valence-corrected chi connectivity index (χ0v) is 13.1. The quantitative estimate of drug-likeness (QED) is 0.891. The van der Waals surface area contributed by atoms with Crippen LogP contribution in [0.25, 0.3) is 0 Å². The van der Waals surface area contributed by atoms with Crippen LogP contribution in [0.4, 0.5) is 10.1 Å². The summed E-state index contributed by atoms with van der Waals surface area (Å²) in [5.41, 5.74) is 6.04. The number of halogens is 2. The number of likely N-dealkylation sites (tertiary alicyclic amines) is 1. The van der Waals surface area contributed by atoms with Gasteiger partial charge in [-0.3, -0.25) is 9.59 Å². The number of nitrogens with two attached hydrogens (primary N) is 1. The molecule has 120 valence electrons. The van der Waals surface area contributed by atoms with Gasteiger partial charge in [0.15, 0.2) is 0 Å². The molecule has 0 spiro atoms. The highest BCUT2D eigenvalue weighted by molar-refractivity contribution is 6.31. The molecule has 1 fully saturated rings. The van der Waals surface area contributed by atoms with Crippen molar-refractivity contribution in [3.8, 4) is 0 Å². The Labute approximate surface area is 133 Å². The first kappa shape index (κ1) is 16.7. The molecule has 1 atom stereocenters. The fraction of sp³-hybridized carbons (Fsp3) is 0.467. The molecule has 1 aliphatic rings. The third-order valence-electron chi connectivity index (χ3n) is 3.75. The van der Waals surface area contributed by atoms with Crippen LogP contribution in [0.1, 0.15) is 19.8 Å². The van der Waals surface area contributed by atoms with Crippen molar-refractivity contribution in [1.29, 1.82) is 0 Å². The highest BCUT2D eigenvalue weighted by Crippen LogP contribution is 2.22. The van der Waals surface area contributed by atoms with Crippen LogP contribution in [0, 0.1) is 11.7 Å². The summed E-state index contributed by atoms with van der Waals surface area (Å²) in [7, 11) is 0. The SMILES string of the molecule is C[C@@H](N)C(=O)N1CCC(C(=O)Nc2ccc(F)c(Cl)c2)CC1. The second kappa shape index (κ2) is 7.07. The number of piperidine rings is 1. The van der Waals surface area contributed by atoms with Crippen LogP contribution in [-0.4, -0.2) is 35.8 Å². The highest BCUT2D eigenvalue weighted by atomic mass is 35.5. The minimum Gasteiger partial charge on any atom is -0.341 e. The van der Waals surface area contributed by atoms with E-state index in [4.69, 9.17) is 17.3 Å². The number of hydrogen-bond acceptors (Lipinski definition) is 3. The van der Waals surface area contributed by atoms with E-state index in [0.717, 1.165) is 0 Å². The van der Waals surface area contributed by atoms with Crippen LogP contribution in [0.3, 0.4) is 0 Å². The molecule has 22 heavy (non-hydrogen) atoms. The smallest absolute Gasteiger partial charge is 0.239 e. The van der Waals surface area contributed by atoms with Crippen LogP contribution in [-0.2, 0) is 9.59 Å². The van der Waals surface area contributed by atoms with Crippen molar-refractivity contribution >= 4 is 29.1 Å². The topological polar surface area (TPSA) is 75.4 Å². The van der Waals surface area contributed by atoms with Gasteiger partial charge in [0.05, 0.1) is 11.1 Å². The van der Waals surface area contributed by atoms with Crippen molar-refractivity contribution in [1.82, 2.24) is 4.90 Å². The molecular weight excluding hydrogens is 309 g/mol. The molecule has 7 heteroatoms. The molecule has 1 heterocycles. The summed E-state index contributed by atoms with van der Waals surface area (Å²) in [5, 5.41) is 2.70. The molecule has 2 amide bonds. The third-order valence-corrected chi connectivity index (χ3v) is 4.04. The first-order chi connectivity index (χ1) is 10.4. The van der Waals surface area contributed by atoms with Gasteiger partial charge in [-0.1, -0.05) is 11.6 Å². The van der Waals surface area contributed by atoms with Gasteiger partial charge in [-0.2, -0.15) is 0 Å². The lowest BCUT2D eigenvalue weighted by Gasteiger charge is -2.32. The van der Waals surface area contributed by atoms with Crippen molar-refractivity contribution in [3.63, 3.8) is 0 Å². The zero-order chi connectivity index (χ0) is 16.3. The first-order valence-electron chi connectivity index (χ1n) is 7.18. The van der Waals surface area contributed by atoms with E-state index in [9.17, 15) is 14.0 Å². The Morgan fingerprint density at radius 1 is 1.41 bits per heavy atom. The summed E-state index contributed by atoms with van der Waals surface area (Å²) in [6, 6.07) is 3.53. The van der Waals surface area contributed by atoms with Crippen molar-refractivity contribution in [2.75, 3.05) is 18.4 Å². The summed E-state index contributed by atoms with van der Waals surface area (Å²) in [6.45, 7) is 2.69. The van der Waals surface area contributed by atoms with Gasteiger partial charge in [0.1, 0.15) is 5.82 Å². The van der Waals surface area contributed by atoms with Gasteiger partial charge >= 0.3 is 0 Å². The molecule has 0 saturated carbocycles. The number of nitrogens with one attached hydrogen (secondary N) is 1. The Hall–Kier alpha value is -1.66. The molecule has 1 aliphatic heterocycles. The number of benzene rings is 1. The Morgan fingerprint density at radius 2 is 2.05 bits per heavy atom. The van der Waals surface area contributed by atoms with Gasteiger partial charge < -0.3 is 16.0 Å². The van der Waals surface area contributed by atoms with Crippen molar-refractivity contribution in [3.05, 3.63) is 29.0 Å². The van der Waals surface area contributed by atoms with Crippen LogP contribution < -0.4 is 11.1 Å². The first-order valence-corrected chi connectivity index (χ1v) is 7.56. The monoisotopic (exact) mass is 327 g/mol. The second-order valence-electron chi connectivity index (χ2n) is 5.51. The summed E-state index contributed by atoms with van der Waals surface area (Å²) >= 11 is 5.68. The molecule has 0 unspecified atom stereocenters. The molecule has 1 aromatic rings. The van der Waals surface area contributed by atoms with E-state index in [1.165, 1.54) is 18.2 Å². The summed E-state index contributed by atoms with van der Waals surface area (Å²) in [5.74, 6) is -0.942. The van der Waals surface area contributed by atoms with Crippen molar-refractivity contribution in [2.45, 2.75) is 25.8 Å². The predicted molar refractivity (Wildman–Crippen MR) is 83.0 cm³/mol. The summed E-state index contributed by atoms with van der Waals surface area (Å²) in [4.78, 5) is 25.7. The molecule has 3 N–H and O–H groups in total. The van der Waals surface area contributed by atoms with Gasteiger partial charge in [0, 0.05) is 24.7 Å². The van der Waals surface area contributed by atoms with E-state index in [1.807, 2.05) is 0 Å². The van der Waals surface area contributed by atoms with Crippen LogP contribution >= 0.6 is 11.6 Å². The van der Waals surface area contributed by atoms with Gasteiger partial charge in [-0.05, 0) is 38.0 Å². The number of carbonyl (C=O) groups is 2. The Bertz CT molecular complexity index is 572. The minimum absolute atomic E-state index is 0.0323. The van der Waals surface area contributed by atoms with E-state index in [2.05, 4.69) is 5.32 Å². The largest absolute Gasteiger partial charge is 0.341 e. The van der Waals surface area contributed by atoms with Crippen molar-refractivity contribution in [2.24, 2.45) is 11.7 Å². The summed E-state index contributed by atoms with van der Waals surface area (Å²) < 4.78 is 13.1. The maximum atomic E-state index is 13.1. The molecule has 0 bridgehead atoms. The van der Waals surface area contributed by atoms with Gasteiger partial charge in [-0.15, -0.1) is 0 Å². The molecule has 0 radical (unpaired) electrons. The lowest BCUT2D eigenvalue weighted by Crippen LogP contribution is -2.47. The second-order valence-corrected chi connectivity index (χ2v) is 5.91. The maximum absolute atomic E-state index is 13.1. The van der Waals surface area contributed by atoms with E-state index in [-0.39, 0.29) is 22.8 Å². The van der Waals surface area contributed by atoms with E-state index in [1.54, 1.807) is 11.8 Å². The number of hydrogen-bond donors (Lipinski definition) is 2. The van der Waals surface area contributed by atoms with Crippen molar-refractivity contribution < 1.29 is 14.0 Å². The number of rotatable bonds is 3. The molecule has 1 aromatic carbocycles. The Balaban J connectivity index is 1.89. The van der Waals surface area contributed by atoms with Crippen LogP contribution in [0.2, 0.25) is 5.02 Å².